The van der Waals surface area contributed by atoms with Crippen LogP contribution < -0.4 is 15.4 Å². The predicted octanol–water partition coefficient (Wildman–Crippen LogP) is 3.72. The lowest BCUT2D eigenvalue weighted by molar-refractivity contribution is -0.133. The second kappa shape index (κ2) is 7.93. The highest BCUT2D eigenvalue weighted by Crippen LogP contribution is 2.34. The maximum Gasteiger partial charge on any atom is 0.325 e. The van der Waals surface area contributed by atoms with Crippen LogP contribution in [-0.2, 0) is 15.1 Å². The van der Waals surface area contributed by atoms with Crippen LogP contribution in [0.25, 0.3) is 0 Å². The summed E-state index contributed by atoms with van der Waals surface area (Å²) in [7, 11) is 1.45. The molecule has 2 aromatic carbocycles. The molecule has 2 aromatic rings. The van der Waals surface area contributed by atoms with E-state index in [1.54, 1.807) is 50.2 Å². The third-order valence-electron chi connectivity index (χ3n) is 4.74. The number of amides is 4. The number of hydrogen-bond acceptors (Lipinski definition) is 4. The lowest BCUT2D eigenvalue weighted by Gasteiger charge is -2.23. The molecule has 3 rings (SSSR count). The number of ether oxygens (including phenoxy) is 1. The highest BCUT2D eigenvalue weighted by Gasteiger charge is 2.50. The number of rotatable bonds is 5. The Bertz CT molecular complexity index is 1010. The van der Waals surface area contributed by atoms with Gasteiger partial charge in [-0.1, -0.05) is 41.4 Å². The SMILES string of the molecule is COc1cc(Cl)c(C)cc1NC(=O)CN1C(=O)N[C@](C)(c2ccccc2Cl)C1=O. The number of aryl methyl sites for hydroxylation is 1. The molecule has 29 heavy (non-hydrogen) atoms. The summed E-state index contributed by atoms with van der Waals surface area (Å²) in [5.41, 5.74) is 0.229. The molecule has 0 spiro atoms. The van der Waals surface area contributed by atoms with Gasteiger partial charge in [0.05, 0.1) is 12.8 Å². The number of benzene rings is 2. The quantitative estimate of drug-likeness (QED) is 0.700. The molecule has 0 unspecified atom stereocenters. The van der Waals surface area contributed by atoms with Gasteiger partial charge in [-0.25, -0.2) is 4.79 Å². The average Bonchev–Trinajstić information content (AvgIpc) is 2.88. The van der Waals surface area contributed by atoms with Crippen LogP contribution in [-0.4, -0.2) is 36.4 Å². The van der Waals surface area contributed by atoms with E-state index in [9.17, 15) is 14.4 Å². The van der Waals surface area contributed by atoms with Crippen LogP contribution >= 0.6 is 23.2 Å². The van der Waals surface area contributed by atoms with E-state index < -0.39 is 29.9 Å². The molecule has 152 valence electrons. The van der Waals surface area contributed by atoms with Crippen molar-refractivity contribution in [1.29, 1.82) is 0 Å². The summed E-state index contributed by atoms with van der Waals surface area (Å²) in [5, 5.41) is 6.11. The Labute approximate surface area is 177 Å². The molecule has 2 N–H and O–H groups in total. The summed E-state index contributed by atoms with van der Waals surface area (Å²) in [6.45, 7) is 2.87. The van der Waals surface area contributed by atoms with Gasteiger partial charge in [-0.05, 0) is 31.5 Å². The molecule has 0 aromatic heterocycles. The Balaban J connectivity index is 1.80. The Morgan fingerprint density at radius 2 is 1.90 bits per heavy atom. The highest BCUT2D eigenvalue weighted by molar-refractivity contribution is 6.32. The first-order valence-corrected chi connectivity index (χ1v) is 9.46. The first kappa shape index (κ1) is 21.0. The molecule has 1 aliphatic rings. The molecule has 0 saturated carbocycles. The molecule has 7 nitrogen and oxygen atoms in total. The number of nitrogens with one attached hydrogen (secondary N) is 2. The minimum absolute atomic E-state index is 0.344. The van der Waals surface area contributed by atoms with Gasteiger partial charge in [0, 0.05) is 21.7 Å². The normalized spacial score (nSPS) is 18.6. The Morgan fingerprint density at radius 1 is 1.21 bits per heavy atom. The molecule has 1 heterocycles. The molecule has 0 radical (unpaired) electrons. The Morgan fingerprint density at radius 3 is 2.55 bits per heavy atom. The standard InChI is InChI=1S/C20H19Cl2N3O4/c1-11-8-15(16(29-3)9-14(11)22)23-17(26)10-25-18(27)20(2,24-19(25)28)12-6-4-5-7-13(12)21/h4-9H,10H2,1-3H3,(H,23,26)(H,24,28)/t20-/m1/s1. The number of methoxy groups -OCH3 is 1. The number of hydrogen-bond donors (Lipinski definition) is 2. The van der Waals surface area contributed by atoms with E-state index in [-0.39, 0.29) is 0 Å². The number of anilines is 1. The third-order valence-corrected chi connectivity index (χ3v) is 5.48. The average molecular weight is 436 g/mol. The molecular formula is C20H19Cl2N3O4. The van der Waals surface area contributed by atoms with Crippen molar-refractivity contribution < 1.29 is 19.1 Å². The van der Waals surface area contributed by atoms with Gasteiger partial charge in [0.25, 0.3) is 5.91 Å². The zero-order valence-electron chi connectivity index (χ0n) is 16.0. The summed E-state index contributed by atoms with van der Waals surface area (Å²) in [5.74, 6) is -0.756. The van der Waals surface area contributed by atoms with Crippen LogP contribution in [0.1, 0.15) is 18.1 Å². The minimum Gasteiger partial charge on any atom is -0.495 e. The minimum atomic E-state index is -1.36. The number of nitrogens with zero attached hydrogens (tertiary/aromatic N) is 1. The zero-order valence-corrected chi connectivity index (χ0v) is 17.5. The maximum absolute atomic E-state index is 13.0. The lowest BCUT2D eigenvalue weighted by atomic mass is 9.92. The fourth-order valence-electron chi connectivity index (χ4n) is 3.15. The van der Waals surface area contributed by atoms with E-state index in [1.807, 2.05) is 0 Å². The number of urea groups is 1. The van der Waals surface area contributed by atoms with Crippen LogP contribution in [0.5, 0.6) is 5.75 Å². The molecule has 9 heteroatoms. The zero-order chi connectivity index (χ0) is 21.3. The van der Waals surface area contributed by atoms with Crippen molar-refractivity contribution in [1.82, 2.24) is 10.2 Å². The van der Waals surface area contributed by atoms with Gasteiger partial charge in [-0.3, -0.25) is 14.5 Å². The van der Waals surface area contributed by atoms with Gasteiger partial charge in [-0.15, -0.1) is 0 Å². The van der Waals surface area contributed by atoms with E-state index in [0.29, 0.717) is 27.0 Å². The van der Waals surface area contributed by atoms with Crippen LogP contribution in [0.2, 0.25) is 10.0 Å². The summed E-state index contributed by atoms with van der Waals surface area (Å²) < 4.78 is 5.22. The monoisotopic (exact) mass is 435 g/mol. The molecule has 0 bridgehead atoms. The summed E-state index contributed by atoms with van der Waals surface area (Å²) in [6.07, 6.45) is 0. The van der Waals surface area contributed by atoms with Crippen molar-refractivity contribution in [2.45, 2.75) is 19.4 Å². The van der Waals surface area contributed by atoms with Crippen LogP contribution in [0.15, 0.2) is 36.4 Å². The molecule has 4 amide bonds. The van der Waals surface area contributed by atoms with Crippen molar-refractivity contribution in [3.63, 3.8) is 0 Å². The number of imide groups is 1. The summed E-state index contributed by atoms with van der Waals surface area (Å²) >= 11 is 12.3. The van der Waals surface area contributed by atoms with Crippen molar-refractivity contribution >= 4 is 46.7 Å². The lowest BCUT2D eigenvalue weighted by Crippen LogP contribution is -2.42. The Kier molecular flexibility index (Phi) is 5.73. The molecule has 1 fully saturated rings. The Hall–Kier alpha value is -2.77. The van der Waals surface area contributed by atoms with Gasteiger partial charge in [0.2, 0.25) is 5.91 Å². The highest BCUT2D eigenvalue weighted by atomic mass is 35.5. The van der Waals surface area contributed by atoms with Gasteiger partial charge in [0.1, 0.15) is 17.8 Å². The first-order valence-electron chi connectivity index (χ1n) is 8.70. The van der Waals surface area contributed by atoms with Crippen molar-refractivity contribution in [2.24, 2.45) is 0 Å². The maximum atomic E-state index is 13.0. The second-order valence-corrected chi connectivity index (χ2v) is 7.59. The van der Waals surface area contributed by atoms with E-state index in [0.717, 1.165) is 10.5 Å². The second-order valence-electron chi connectivity index (χ2n) is 6.78. The van der Waals surface area contributed by atoms with E-state index >= 15 is 0 Å². The fourth-order valence-corrected chi connectivity index (χ4v) is 3.63. The molecule has 1 saturated heterocycles. The first-order chi connectivity index (χ1) is 13.7. The van der Waals surface area contributed by atoms with Crippen LogP contribution in [0.3, 0.4) is 0 Å². The van der Waals surface area contributed by atoms with Crippen molar-refractivity contribution in [3.8, 4) is 5.75 Å². The number of halogens is 2. The van der Waals surface area contributed by atoms with Gasteiger partial charge in [-0.2, -0.15) is 0 Å². The van der Waals surface area contributed by atoms with Gasteiger partial charge >= 0.3 is 6.03 Å². The van der Waals surface area contributed by atoms with Crippen LogP contribution in [0.4, 0.5) is 10.5 Å². The third kappa shape index (κ3) is 3.88. The van der Waals surface area contributed by atoms with E-state index in [4.69, 9.17) is 27.9 Å². The topological polar surface area (TPSA) is 87.7 Å². The summed E-state index contributed by atoms with van der Waals surface area (Å²) in [4.78, 5) is 38.8. The van der Waals surface area contributed by atoms with Gasteiger partial charge < -0.3 is 15.4 Å². The van der Waals surface area contributed by atoms with Gasteiger partial charge in [0.15, 0.2) is 0 Å². The number of carbonyl (C=O) groups excluding carboxylic acids is 3. The molecule has 1 aliphatic heterocycles. The molecule has 1 atom stereocenters. The van der Waals surface area contributed by atoms with Crippen molar-refractivity contribution in [2.75, 3.05) is 19.0 Å². The van der Waals surface area contributed by atoms with Crippen LogP contribution in [0, 0.1) is 6.92 Å². The molecule has 0 aliphatic carbocycles. The summed E-state index contributed by atoms with van der Waals surface area (Å²) in [6, 6.07) is 9.29. The van der Waals surface area contributed by atoms with E-state index in [2.05, 4.69) is 10.6 Å². The smallest absolute Gasteiger partial charge is 0.325 e. The number of carbonyl (C=O) groups is 3. The molecular weight excluding hydrogens is 417 g/mol. The van der Waals surface area contributed by atoms with Crippen molar-refractivity contribution in [3.05, 3.63) is 57.6 Å². The largest absolute Gasteiger partial charge is 0.495 e. The van der Waals surface area contributed by atoms with E-state index in [1.165, 1.54) is 7.11 Å². The fraction of sp³-hybridized carbons (Fsp3) is 0.250. The predicted molar refractivity (Wildman–Crippen MR) is 110 cm³/mol.